The smallest absolute Gasteiger partial charge is 0.341 e. The number of nitrogens with zero attached hydrogens (tertiary/aromatic N) is 1. The summed E-state index contributed by atoms with van der Waals surface area (Å²) in [7, 11) is 0. The van der Waals surface area contributed by atoms with E-state index in [4.69, 9.17) is 9.84 Å². The van der Waals surface area contributed by atoms with Gasteiger partial charge in [0.15, 0.2) is 6.10 Å². The summed E-state index contributed by atoms with van der Waals surface area (Å²) in [6.07, 6.45) is 0.450. The lowest BCUT2D eigenvalue weighted by molar-refractivity contribution is -0.384. The van der Waals surface area contributed by atoms with Crippen LogP contribution in [0, 0.1) is 10.1 Å². The van der Waals surface area contributed by atoms with Crippen molar-refractivity contribution >= 4 is 34.0 Å². The van der Waals surface area contributed by atoms with Crippen LogP contribution in [-0.2, 0) is 4.74 Å². The molecule has 3 aromatic rings. The predicted molar refractivity (Wildman–Crippen MR) is 106 cm³/mol. The Balaban J connectivity index is 1.84. The van der Waals surface area contributed by atoms with Crippen molar-refractivity contribution in [3.05, 3.63) is 69.9 Å². The van der Waals surface area contributed by atoms with Crippen LogP contribution in [0.4, 0.5) is 11.4 Å². The molecule has 3 N–H and O–H groups in total. The van der Waals surface area contributed by atoms with Crippen LogP contribution in [-0.4, -0.2) is 46.0 Å². The van der Waals surface area contributed by atoms with Crippen LogP contribution in [0.25, 0.3) is 10.9 Å². The fourth-order valence-corrected chi connectivity index (χ4v) is 2.93. The van der Waals surface area contributed by atoms with Gasteiger partial charge in [-0.05, 0) is 19.1 Å². The Labute approximate surface area is 165 Å². The molecule has 2 aromatic carbocycles. The van der Waals surface area contributed by atoms with E-state index in [0.717, 1.165) is 11.6 Å². The maximum atomic E-state index is 12.8. The molecule has 3 rings (SSSR count). The molecule has 29 heavy (non-hydrogen) atoms. The molecule has 1 aromatic heterocycles. The highest BCUT2D eigenvalue weighted by Gasteiger charge is 2.25. The standard InChI is InChI=1S/C20H19N3O6/c1-12(19(25)16-11-22-17-5-3-2-4-14(16)17)29-20(26)15-10-13(23(27)28)6-7-18(15)21-8-9-24/h2-7,10-12,21-22,24H,8-9H2,1H3/t12-/m1/s1. The van der Waals surface area contributed by atoms with Crippen LogP contribution in [0.1, 0.15) is 27.6 Å². The van der Waals surface area contributed by atoms with E-state index in [1.807, 2.05) is 12.1 Å². The number of hydrogen-bond acceptors (Lipinski definition) is 7. The summed E-state index contributed by atoms with van der Waals surface area (Å²) in [4.78, 5) is 38.8. The number of aromatic amines is 1. The van der Waals surface area contributed by atoms with Gasteiger partial charge in [-0.15, -0.1) is 0 Å². The second-order valence-electron chi connectivity index (χ2n) is 6.30. The molecule has 1 heterocycles. The average molecular weight is 397 g/mol. The van der Waals surface area contributed by atoms with Gasteiger partial charge in [0, 0.05) is 47.0 Å². The summed E-state index contributed by atoms with van der Waals surface area (Å²) >= 11 is 0. The number of anilines is 1. The number of aromatic nitrogens is 1. The van der Waals surface area contributed by atoms with Gasteiger partial charge >= 0.3 is 5.97 Å². The molecule has 0 radical (unpaired) electrons. The van der Waals surface area contributed by atoms with Crippen LogP contribution in [0.5, 0.6) is 0 Å². The lowest BCUT2D eigenvalue weighted by Gasteiger charge is -2.15. The summed E-state index contributed by atoms with van der Waals surface area (Å²) < 4.78 is 5.30. The molecule has 0 bridgehead atoms. The molecular weight excluding hydrogens is 378 g/mol. The Morgan fingerprint density at radius 2 is 2.00 bits per heavy atom. The van der Waals surface area contributed by atoms with E-state index < -0.39 is 22.8 Å². The van der Waals surface area contributed by atoms with E-state index in [-0.39, 0.29) is 30.1 Å². The number of nitrogens with one attached hydrogen (secondary N) is 2. The van der Waals surface area contributed by atoms with E-state index >= 15 is 0 Å². The van der Waals surface area contributed by atoms with Crippen molar-refractivity contribution in [1.82, 2.24) is 4.98 Å². The number of carbonyl (C=O) groups excluding carboxylic acids is 2. The van der Waals surface area contributed by atoms with Crippen molar-refractivity contribution in [2.24, 2.45) is 0 Å². The Bertz CT molecular complexity index is 1080. The van der Waals surface area contributed by atoms with E-state index in [1.165, 1.54) is 19.1 Å². The van der Waals surface area contributed by atoms with Crippen LogP contribution in [0.2, 0.25) is 0 Å². The van der Waals surface area contributed by atoms with Gasteiger partial charge in [-0.2, -0.15) is 0 Å². The number of H-pyrrole nitrogens is 1. The molecule has 9 nitrogen and oxygen atoms in total. The minimum Gasteiger partial charge on any atom is -0.451 e. The number of para-hydroxylation sites is 1. The number of non-ortho nitro benzene ring substituents is 1. The minimum atomic E-state index is -1.10. The zero-order valence-corrected chi connectivity index (χ0v) is 15.5. The number of ketones is 1. The molecular formula is C20H19N3O6. The van der Waals surface area contributed by atoms with E-state index in [1.54, 1.807) is 18.3 Å². The molecule has 0 spiro atoms. The monoisotopic (exact) mass is 397 g/mol. The normalized spacial score (nSPS) is 11.8. The summed E-state index contributed by atoms with van der Waals surface area (Å²) in [5.41, 5.74) is 1.05. The SMILES string of the molecule is C[C@@H](OC(=O)c1cc([N+](=O)[O-])ccc1NCCO)C(=O)c1c[nH]c2ccccc12. The van der Waals surface area contributed by atoms with Crippen LogP contribution >= 0.6 is 0 Å². The van der Waals surface area contributed by atoms with Crippen molar-refractivity contribution in [3.8, 4) is 0 Å². The number of esters is 1. The predicted octanol–water partition coefficient (Wildman–Crippen LogP) is 2.91. The van der Waals surface area contributed by atoms with Crippen molar-refractivity contribution < 1.29 is 24.4 Å². The molecule has 9 heteroatoms. The van der Waals surface area contributed by atoms with Gasteiger partial charge < -0.3 is 20.1 Å². The molecule has 0 aliphatic heterocycles. The number of benzene rings is 2. The second-order valence-corrected chi connectivity index (χ2v) is 6.30. The number of rotatable bonds is 8. The van der Waals surface area contributed by atoms with Crippen molar-refractivity contribution in [1.29, 1.82) is 0 Å². The fourth-order valence-electron chi connectivity index (χ4n) is 2.93. The van der Waals surface area contributed by atoms with Gasteiger partial charge in [-0.1, -0.05) is 18.2 Å². The highest BCUT2D eigenvalue weighted by molar-refractivity contribution is 6.10. The lowest BCUT2D eigenvalue weighted by Crippen LogP contribution is -2.25. The molecule has 1 atom stereocenters. The zero-order valence-electron chi connectivity index (χ0n) is 15.5. The van der Waals surface area contributed by atoms with E-state index in [0.29, 0.717) is 10.9 Å². The number of carbonyl (C=O) groups is 2. The number of ether oxygens (including phenoxy) is 1. The quantitative estimate of drug-likeness (QED) is 0.230. The van der Waals surface area contributed by atoms with E-state index in [9.17, 15) is 19.7 Å². The molecule has 0 unspecified atom stereocenters. The van der Waals surface area contributed by atoms with Gasteiger partial charge in [0.25, 0.3) is 5.69 Å². The van der Waals surface area contributed by atoms with E-state index in [2.05, 4.69) is 10.3 Å². The average Bonchev–Trinajstić information content (AvgIpc) is 3.15. The summed E-state index contributed by atoms with van der Waals surface area (Å²) in [5, 5.41) is 23.5. The molecule has 0 aliphatic rings. The Morgan fingerprint density at radius 1 is 1.24 bits per heavy atom. The van der Waals surface area contributed by atoms with Crippen LogP contribution in [0.15, 0.2) is 48.7 Å². The molecule has 0 amide bonds. The van der Waals surface area contributed by atoms with Gasteiger partial charge in [-0.25, -0.2) is 4.79 Å². The third kappa shape index (κ3) is 4.25. The largest absolute Gasteiger partial charge is 0.451 e. The third-order valence-corrected chi connectivity index (χ3v) is 4.37. The molecule has 0 saturated carbocycles. The maximum Gasteiger partial charge on any atom is 0.341 e. The third-order valence-electron chi connectivity index (χ3n) is 4.37. The van der Waals surface area contributed by atoms with Gasteiger partial charge in [0.05, 0.1) is 17.1 Å². The Morgan fingerprint density at radius 3 is 2.72 bits per heavy atom. The first kappa shape index (κ1) is 20.0. The fraction of sp³-hybridized carbons (Fsp3) is 0.200. The first-order valence-corrected chi connectivity index (χ1v) is 8.87. The lowest BCUT2D eigenvalue weighted by atomic mass is 10.1. The van der Waals surface area contributed by atoms with Crippen molar-refractivity contribution in [2.45, 2.75) is 13.0 Å². The second kappa shape index (κ2) is 8.53. The summed E-state index contributed by atoms with van der Waals surface area (Å²) in [6, 6.07) is 10.9. The Kier molecular flexibility index (Phi) is 5.89. The number of fused-ring (bicyclic) bond motifs is 1. The molecule has 0 aliphatic carbocycles. The van der Waals surface area contributed by atoms with Crippen LogP contribution < -0.4 is 5.32 Å². The number of nitro benzene ring substituents is 1. The van der Waals surface area contributed by atoms with Gasteiger partial charge in [-0.3, -0.25) is 14.9 Å². The first-order valence-electron chi connectivity index (χ1n) is 8.87. The number of aliphatic hydroxyl groups excluding tert-OH is 1. The van der Waals surface area contributed by atoms with Gasteiger partial charge in [0.2, 0.25) is 5.78 Å². The number of Topliss-reactive ketones (excluding diaryl/α,β-unsaturated/α-hetero) is 1. The highest BCUT2D eigenvalue weighted by atomic mass is 16.6. The Hall–Kier alpha value is -3.72. The van der Waals surface area contributed by atoms with Crippen molar-refractivity contribution in [2.75, 3.05) is 18.5 Å². The van der Waals surface area contributed by atoms with Crippen molar-refractivity contribution in [3.63, 3.8) is 0 Å². The maximum absolute atomic E-state index is 12.8. The number of hydrogen-bond donors (Lipinski definition) is 3. The molecule has 150 valence electrons. The first-order chi connectivity index (χ1) is 13.9. The van der Waals surface area contributed by atoms with Crippen LogP contribution in [0.3, 0.4) is 0 Å². The number of nitro groups is 1. The number of aliphatic hydroxyl groups is 1. The van der Waals surface area contributed by atoms with Gasteiger partial charge in [0.1, 0.15) is 0 Å². The zero-order chi connectivity index (χ0) is 21.0. The molecule has 0 saturated heterocycles. The minimum absolute atomic E-state index is 0.0915. The summed E-state index contributed by atoms with van der Waals surface area (Å²) in [5.74, 6) is -1.28. The topological polar surface area (TPSA) is 135 Å². The molecule has 0 fully saturated rings. The summed E-state index contributed by atoms with van der Waals surface area (Å²) in [6.45, 7) is 1.39. The highest BCUT2D eigenvalue weighted by Crippen LogP contribution is 2.25.